The van der Waals surface area contributed by atoms with E-state index in [1.54, 1.807) is 0 Å². The summed E-state index contributed by atoms with van der Waals surface area (Å²) in [6.45, 7) is 8.26. The minimum absolute atomic E-state index is 0. The number of hydrogen-bond acceptors (Lipinski definition) is 3. The van der Waals surface area contributed by atoms with E-state index in [-0.39, 0.29) is 53.6 Å². The van der Waals surface area contributed by atoms with E-state index in [0.29, 0.717) is 0 Å². The molecule has 4 aromatic rings. The van der Waals surface area contributed by atoms with Crippen molar-refractivity contribution < 1.29 is 27.0 Å². The number of hydrogen-bond donors (Lipinski definition) is 3. The molecule has 4 aromatic carbocycles. The molecule has 0 aliphatic rings. The fraction of sp³-hybridized carbons (Fsp3) is 0.281. The average molecular weight is 570 g/mol. The first-order valence-corrected chi connectivity index (χ1v) is 14.1. The SMILES string of the molecule is CC(NCC(=O)NC(CO)C(C)(C)C)c1ccc[c-]1P(c1ccccc1)c1ccccc1.[Fe].[cH-]1[cH-][cH-][cH-][cH-]1. The second-order valence-electron chi connectivity index (χ2n) is 10.1. The third-order valence-corrected chi connectivity index (χ3v) is 8.77. The fourth-order valence-electron chi connectivity index (χ4n) is 4.03. The zero-order chi connectivity index (χ0) is 26.7. The Bertz CT molecular complexity index is 1110. The number of amides is 1. The van der Waals surface area contributed by atoms with E-state index in [1.165, 1.54) is 21.5 Å². The van der Waals surface area contributed by atoms with Gasteiger partial charge in [0.05, 0.1) is 19.2 Å². The topological polar surface area (TPSA) is 61.4 Å². The van der Waals surface area contributed by atoms with Crippen molar-refractivity contribution in [3.8, 4) is 0 Å². The summed E-state index contributed by atoms with van der Waals surface area (Å²) in [5, 5.41) is 19.9. The first-order chi connectivity index (χ1) is 17.8. The van der Waals surface area contributed by atoms with Crippen LogP contribution in [0.1, 0.15) is 39.3 Å². The van der Waals surface area contributed by atoms with Gasteiger partial charge in [0.15, 0.2) is 0 Å². The van der Waals surface area contributed by atoms with Crippen molar-refractivity contribution in [2.75, 3.05) is 13.2 Å². The number of aliphatic hydroxyl groups excluding tert-OH is 1. The number of carbonyl (C=O) groups is 1. The quantitative estimate of drug-likeness (QED) is 0.155. The molecule has 0 heterocycles. The number of rotatable bonds is 9. The van der Waals surface area contributed by atoms with Gasteiger partial charge in [-0.1, -0.05) is 89.4 Å². The summed E-state index contributed by atoms with van der Waals surface area (Å²) in [7, 11) is -0.694. The molecule has 1 amide bonds. The first kappa shape index (κ1) is 31.7. The van der Waals surface area contributed by atoms with E-state index in [2.05, 4.69) is 84.3 Å². The van der Waals surface area contributed by atoms with Gasteiger partial charge in [-0.15, -0.1) is 10.9 Å². The molecule has 0 spiro atoms. The molecule has 0 aliphatic carbocycles. The van der Waals surface area contributed by atoms with Crippen molar-refractivity contribution in [2.45, 2.75) is 39.8 Å². The van der Waals surface area contributed by atoms with Gasteiger partial charge in [0.2, 0.25) is 5.91 Å². The predicted octanol–water partition coefficient (Wildman–Crippen LogP) is 4.74. The van der Waals surface area contributed by atoms with E-state index in [4.69, 9.17) is 0 Å². The van der Waals surface area contributed by atoms with E-state index in [0.717, 1.165) is 0 Å². The molecule has 4 nitrogen and oxygen atoms in total. The van der Waals surface area contributed by atoms with Crippen LogP contribution in [-0.2, 0) is 21.9 Å². The zero-order valence-corrected chi connectivity index (χ0v) is 24.6. The first-order valence-electron chi connectivity index (χ1n) is 12.8. The summed E-state index contributed by atoms with van der Waals surface area (Å²) in [4.78, 5) is 12.5. The number of aliphatic hydroxyl groups is 1. The van der Waals surface area contributed by atoms with E-state index in [1.807, 2.05) is 63.2 Å². The van der Waals surface area contributed by atoms with Crippen molar-refractivity contribution in [1.29, 1.82) is 0 Å². The smallest absolute Gasteiger partial charge is 0.234 e. The van der Waals surface area contributed by atoms with Crippen LogP contribution in [0.25, 0.3) is 0 Å². The van der Waals surface area contributed by atoms with Crippen LogP contribution in [0.4, 0.5) is 0 Å². The molecule has 4 rings (SSSR count). The van der Waals surface area contributed by atoms with Gasteiger partial charge in [0.25, 0.3) is 0 Å². The zero-order valence-electron chi connectivity index (χ0n) is 22.6. The van der Waals surface area contributed by atoms with Crippen LogP contribution in [0.2, 0.25) is 0 Å². The van der Waals surface area contributed by atoms with E-state index >= 15 is 0 Å². The minimum Gasteiger partial charge on any atom is -0.748 e. The molecule has 6 heteroatoms. The molecule has 0 saturated carbocycles. The maximum Gasteiger partial charge on any atom is 0.234 e. The van der Waals surface area contributed by atoms with Gasteiger partial charge in [-0.3, -0.25) is 4.79 Å². The maximum atomic E-state index is 12.5. The second-order valence-corrected chi connectivity index (χ2v) is 12.3. The van der Waals surface area contributed by atoms with Crippen LogP contribution in [0.3, 0.4) is 0 Å². The van der Waals surface area contributed by atoms with Crippen LogP contribution in [0, 0.1) is 5.41 Å². The molecule has 2 atom stereocenters. The number of nitrogens with one attached hydrogen (secondary N) is 2. The summed E-state index contributed by atoms with van der Waals surface area (Å²) in [5.41, 5.74) is 1.02. The largest absolute Gasteiger partial charge is 0.748 e. The second kappa shape index (κ2) is 15.8. The van der Waals surface area contributed by atoms with Gasteiger partial charge in [0, 0.05) is 23.1 Å². The van der Waals surface area contributed by atoms with Crippen LogP contribution >= 0.6 is 7.92 Å². The molecule has 0 saturated heterocycles. The monoisotopic (exact) mass is 570 g/mol. The summed E-state index contributed by atoms with van der Waals surface area (Å²) < 4.78 is 0. The molecule has 0 bridgehead atoms. The van der Waals surface area contributed by atoms with Gasteiger partial charge < -0.3 is 46.1 Å². The molecule has 0 fully saturated rings. The molecule has 0 radical (unpaired) electrons. The third-order valence-electron chi connectivity index (χ3n) is 6.25. The standard InChI is InChI=1S/C27H34N2O2P.C5H5.Fe/c1-20(28-18-26(31)29-25(19-30)27(2,3)4)23-16-11-17-24(23)32(21-12-7-5-8-13-21)22-14-9-6-10-15-22;1-2-4-5-3-1;/h5-17,20,25,28,30H,18-19H2,1-4H3,(H,29,31);1-5H;/q-1;-5;. The Morgan fingerprint density at radius 2 is 1.39 bits per heavy atom. The normalized spacial score (nSPS) is 12.6. The molecule has 0 aromatic heterocycles. The maximum absolute atomic E-state index is 12.5. The molecule has 38 heavy (non-hydrogen) atoms. The predicted molar refractivity (Wildman–Crippen MR) is 158 cm³/mol. The summed E-state index contributed by atoms with van der Waals surface area (Å²) in [6, 6.07) is 37.5. The van der Waals surface area contributed by atoms with Crippen LogP contribution in [-0.4, -0.2) is 30.2 Å². The fourth-order valence-corrected chi connectivity index (χ4v) is 6.59. The van der Waals surface area contributed by atoms with E-state index in [9.17, 15) is 9.90 Å². The van der Waals surface area contributed by atoms with Crippen molar-refractivity contribution in [3.05, 3.63) is 115 Å². The van der Waals surface area contributed by atoms with Gasteiger partial charge in [-0.05, 0) is 22.9 Å². The summed E-state index contributed by atoms with van der Waals surface area (Å²) >= 11 is 0. The van der Waals surface area contributed by atoms with Crippen molar-refractivity contribution in [3.63, 3.8) is 0 Å². The third kappa shape index (κ3) is 9.34. The van der Waals surface area contributed by atoms with Crippen LogP contribution in [0.15, 0.2) is 109 Å². The van der Waals surface area contributed by atoms with Gasteiger partial charge in [-0.25, -0.2) is 12.1 Å². The Kier molecular flexibility index (Phi) is 13.2. The Morgan fingerprint density at radius 1 is 0.895 bits per heavy atom. The van der Waals surface area contributed by atoms with Crippen LogP contribution in [0.5, 0.6) is 0 Å². The van der Waals surface area contributed by atoms with Crippen molar-refractivity contribution in [2.24, 2.45) is 5.41 Å². The molecule has 208 valence electrons. The Hall–Kier alpha value is -2.52. The van der Waals surface area contributed by atoms with E-state index < -0.39 is 7.92 Å². The molecule has 0 aliphatic heterocycles. The Labute approximate surface area is 239 Å². The number of benzene rings is 2. The summed E-state index contributed by atoms with van der Waals surface area (Å²) in [6.07, 6.45) is 0. The molecular weight excluding hydrogens is 531 g/mol. The molecule has 2 unspecified atom stereocenters. The van der Waals surface area contributed by atoms with Gasteiger partial charge in [0.1, 0.15) is 0 Å². The molecule has 3 N–H and O–H groups in total. The average Bonchev–Trinajstić information content (AvgIpc) is 3.63. The van der Waals surface area contributed by atoms with Gasteiger partial charge >= 0.3 is 0 Å². The van der Waals surface area contributed by atoms with Gasteiger partial charge in [-0.2, -0.15) is 6.07 Å². The number of carbonyl (C=O) groups excluding carboxylic acids is 1. The van der Waals surface area contributed by atoms with Crippen molar-refractivity contribution in [1.82, 2.24) is 10.6 Å². The summed E-state index contributed by atoms with van der Waals surface area (Å²) in [5.74, 6) is -0.104. The molecular formula is C32H39FeN2O2P-6. The Balaban J connectivity index is 0.000000756. The van der Waals surface area contributed by atoms with Crippen molar-refractivity contribution >= 4 is 29.7 Å². The minimum atomic E-state index is -0.694. The Morgan fingerprint density at radius 3 is 1.84 bits per heavy atom. The van der Waals surface area contributed by atoms with Crippen LogP contribution < -0.4 is 26.5 Å².